The number of hydrazine groups is 1. The van der Waals surface area contributed by atoms with Gasteiger partial charge in [-0.2, -0.15) is 0 Å². The molecule has 0 atom stereocenters. The maximum atomic E-state index is 12.8. The molecule has 0 amide bonds. The molecule has 2 nitrogen and oxygen atoms in total. The topological polar surface area (TPSA) is 15.3 Å². The third-order valence-electron chi connectivity index (χ3n) is 2.31. The lowest BCUT2D eigenvalue weighted by Crippen LogP contribution is -2.26. The molecule has 1 aromatic carbocycles. The van der Waals surface area contributed by atoms with Crippen molar-refractivity contribution in [1.29, 1.82) is 0 Å². The van der Waals surface area contributed by atoms with Crippen molar-refractivity contribution in [2.24, 2.45) is 0 Å². The lowest BCUT2D eigenvalue weighted by Gasteiger charge is -2.17. The highest BCUT2D eigenvalue weighted by Crippen LogP contribution is 2.20. The summed E-state index contributed by atoms with van der Waals surface area (Å²) in [5.41, 5.74) is 4.04. The number of hydrogen-bond acceptors (Lipinski definition) is 2. The first kappa shape index (κ1) is 9.74. The van der Waals surface area contributed by atoms with Gasteiger partial charge in [0.25, 0.3) is 0 Å². The maximum Gasteiger partial charge on any atom is 0.141 e. The van der Waals surface area contributed by atoms with Gasteiger partial charge in [-0.15, -0.1) is 0 Å². The van der Waals surface area contributed by atoms with E-state index in [9.17, 15) is 4.39 Å². The Bertz CT molecular complexity index is 324. The van der Waals surface area contributed by atoms with Crippen LogP contribution in [0.3, 0.4) is 0 Å². The summed E-state index contributed by atoms with van der Waals surface area (Å²) in [6.07, 6.45) is 2.42. The van der Waals surface area contributed by atoms with Gasteiger partial charge >= 0.3 is 0 Å². The summed E-state index contributed by atoms with van der Waals surface area (Å²) >= 11 is 5.67. The summed E-state index contributed by atoms with van der Waals surface area (Å²) in [5.74, 6) is -0.376. The van der Waals surface area contributed by atoms with Crippen LogP contribution in [0, 0.1) is 5.82 Å². The third kappa shape index (κ3) is 2.16. The second-order valence-corrected chi connectivity index (χ2v) is 3.84. The molecule has 4 heteroatoms. The monoisotopic (exact) mass is 214 g/mol. The lowest BCUT2D eigenvalue weighted by atomic mass is 10.3. The smallest absolute Gasteiger partial charge is 0.141 e. The van der Waals surface area contributed by atoms with E-state index in [4.69, 9.17) is 11.6 Å². The van der Waals surface area contributed by atoms with Crippen molar-refractivity contribution < 1.29 is 4.39 Å². The van der Waals surface area contributed by atoms with Crippen LogP contribution in [0.1, 0.15) is 12.8 Å². The molecule has 1 fully saturated rings. The van der Waals surface area contributed by atoms with E-state index in [0.29, 0.717) is 0 Å². The number of anilines is 1. The molecule has 1 heterocycles. The highest BCUT2D eigenvalue weighted by atomic mass is 35.5. The van der Waals surface area contributed by atoms with Gasteiger partial charge in [-0.25, -0.2) is 9.40 Å². The van der Waals surface area contributed by atoms with E-state index in [1.165, 1.54) is 18.9 Å². The Hall–Kier alpha value is -0.800. The molecule has 1 aliphatic rings. The molecule has 0 unspecified atom stereocenters. The van der Waals surface area contributed by atoms with E-state index >= 15 is 0 Å². The summed E-state index contributed by atoms with van der Waals surface area (Å²) in [5, 5.41) is 2.28. The van der Waals surface area contributed by atoms with E-state index in [2.05, 4.69) is 10.4 Å². The Labute approximate surface area is 87.6 Å². The van der Waals surface area contributed by atoms with Gasteiger partial charge in [-0.1, -0.05) is 11.6 Å². The zero-order chi connectivity index (χ0) is 9.97. The van der Waals surface area contributed by atoms with Gasteiger partial charge in [-0.3, -0.25) is 0 Å². The first-order chi connectivity index (χ1) is 6.75. The molecule has 0 saturated carbocycles. The predicted octanol–water partition coefficient (Wildman–Crippen LogP) is 2.90. The number of nitrogens with zero attached hydrogens (tertiary/aromatic N) is 1. The summed E-state index contributed by atoms with van der Waals surface area (Å²) < 4.78 is 12.8. The van der Waals surface area contributed by atoms with Crippen molar-refractivity contribution >= 4 is 17.3 Å². The normalized spacial score (nSPS) is 17.3. The van der Waals surface area contributed by atoms with Crippen LogP contribution in [0.2, 0.25) is 5.02 Å². The molecule has 0 bridgehead atoms. The van der Waals surface area contributed by atoms with Crippen molar-refractivity contribution in [3.63, 3.8) is 0 Å². The van der Waals surface area contributed by atoms with Crippen LogP contribution in [0.4, 0.5) is 10.1 Å². The highest BCUT2D eigenvalue weighted by molar-refractivity contribution is 6.31. The van der Waals surface area contributed by atoms with Crippen LogP contribution < -0.4 is 5.43 Å². The standard InChI is InChI=1S/C10H12ClFN2/c11-9-7-8(3-4-10(9)12)13-14-5-1-2-6-14/h3-4,7,13H,1-2,5-6H2. The van der Waals surface area contributed by atoms with Gasteiger partial charge in [0.15, 0.2) is 0 Å². The summed E-state index contributed by atoms with van der Waals surface area (Å²) in [6.45, 7) is 2.07. The lowest BCUT2D eigenvalue weighted by molar-refractivity contribution is 0.410. The van der Waals surface area contributed by atoms with Gasteiger partial charge < -0.3 is 5.43 Å². The molecule has 0 aromatic heterocycles. The number of hydrogen-bond donors (Lipinski definition) is 1. The van der Waals surface area contributed by atoms with Gasteiger partial charge in [0.2, 0.25) is 0 Å². The van der Waals surface area contributed by atoms with E-state index < -0.39 is 0 Å². The van der Waals surface area contributed by atoms with Crippen LogP contribution >= 0.6 is 11.6 Å². The van der Waals surface area contributed by atoms with Crippen molar-refractivity contribution in [3.8, 4) is 0 Å². The molecule has 0 radical (unpaired) electrons. The summed E-state index contributed by atoms with van der Waals surface area (Å²) in [4.78, 5) is 0. The fourth-order valence-corrected chi connectivity index (χ4v) is 1.76. The molecule has 0 spiro atoms. The van der Waals surface area contributed by atoms with E-state index in [0.717, 1.165) is 18.8 Å². The van der Waals surface area contributed by atoms with Crippen LogP contribution in [0.5, 0.6) is 0 Å². The average Bonchev–Trinajstić information content (AvgIpc) is 2.64. The van der Waals surface area contributed by atoms with E-state index in [1.807, 2.05) is 0 Å². The molecule has 1 aromatic rings. The SMILES string of the molecule is Fc1ccc(NN2CCCC2)cc1Cl. The van der Waals surface area contributed by atoms with Gasteiger partial charge in [0.05, 0.1) is 10.7 Å². The van der Waals surface area contributed by atoms with Crippen molar-refractivity contribution in [2.75, 3.05) is 18.5 Å². The molecule has 14 heavy (non-hydrogen) atoms. The quantitative estimate of drug-likeness (QED) is 0.815. The Morgan fingerprint density at radius 2 is 2.00 bits per heavy atom. The van der Waals surface area contributed by atoms with E-state index in [1.54, 1.807) is 12.1 Å². The fraction of sp³-hybridized carbons (Fsp3) is 0.400. The zero-order valence-corrected chi connectivity index (χ0v) is 8.52. The highest BCUT2D eigenvalue weighted by Gasteiger charge is 2.11. The fourth-order valence-electron chi connectivity index (χ4n) is 1.58. The van der Waals surface area contributed by atoms with Gasteiger partial charge in [-0.05, 0) is 31.0 Å². The maximum absolute atomic E-state index is 12.8. The minimum absolute atomic E-state index is 0.161. The molecule has 2 rings (SSSR count). The Morgan fingerprint density at radius 3 is 2.64 bits per heavy atom. The van der Waals surface area contributed by atoms with Crippen LogP contribution in [0.15, 0.2) is 18.2 Å². The Kier molecular flexibility index (Phi) is 2.89. The third-order valence-corrected chi connectivity index (χ3v) is 2.60. The van der Waals surface area contributed by atoms with Crippen LogP contribution in [-0.4, -0.2) is 18.1 Å². The molecule has 1 aliphatic heterocycles. The van der Waals surface area contributed by atoms with Crippen molar-refractivity contribution in [2.45, 2.75) is 12.8 Å². The molecule has 1 N–H and O–H groups in total. The minimum atomic E-state index is -0.376. The van der Waals surface area contributed by atoms with Crippen molar-refractivity contribution in [1.82, 2.24) is 5.01 Å². The second-order valence-electron chi connectivity index (χ2n) is 3.43. The zero-order valence-electron chi connectivity index (χ0n) is 7.76. The molecule has 1 saturated heterocycles. The molecular formula is C10H12ClFN2. The molecule has 0 aliphatic carbocycles. The largest absolute Gasteiger partial charge is 0.319 e. The molecule has 76 valence electrons. The molecular weight excluding hydrogens is 203 g/mol. The number of nitrogens with one attached hydrogen (secondary N) is 1. The predicted molar refractivity (Wildman–Crippen MR) is 55.8 cm³/mol. The van der Waals surface area contributed by atoms with Crippen LogP contribution in [0.25, 0.3) is 0 Å². The summed E-state index contributed by atoms with van der Waals surface area (Å²) in [7, 11) is 0. The van der Waals surface area contributed by atoms with E-state index in [-0.39, 0.29) is 10.8 Å². The first-order valence-corrected chi connectivity index (χ1v) is 5.10. The Morgan fingerprint density at radius 1 is 1.29 bits per heavy atom. The Balaban J connectivity index is 2.05. The number of rotatable bonds is 2. The van der Waals surface area contributed by atoms with Crippen molar-refractivity contribution in [3.05, 3.63) is 29.0 Å². The summed E-state index contributed by atoms with van der Waals surface area (Å²) in [6, 6.07) is 4.68. The second kappa shape index (κ2) is 4.15. The number of benzene rings is 1. The average molecular weight is 215 g/mol. The van der Waals surface area contributed by atoms with Gasteiger partial charge in [0, 0.05) is 13.1 Å². The minimum Gasteiger partial charge on any atom is -0.319 e. The van der Waals surface area contributed by atoms with Gasteiger partial charge in [0.1, 0.15) is 5.82 Å². The number of halogens is 2. The van der Waals surface area contributed by atoms with Crippen LogP contribution in [-0.2, 0) is 0 Å². The first-order valence-electron chi connectivity index (χ1n) is 4.72.